The van der Waals surface area contributed by atoms with Crippen molar-refractivity contribution in [1.82, 2.24) is 19.9 Å². The number of fused-ring (bicyclic) bond motifs is 1. The van der Waals surface area contributed by atoms with Crippen molar-refractivity contribution >= 4 is 28.3 Å². The van der Waals surface area contributed by atoms with E-state index in [2.05, 4.69) is 27.1 Å². The number of aromatic amines is 1. The van der Waals surface area contributed by atoms with E-state index in [1.165, 1.54) is 16.9 Å². The number of nitrogens with one attached hydrogen (secondary N) is 1. The first-order valence-electron chi connectivity index (χ1n) is 8.32. The maximum absolute atomic E-state index is 12.7. The van der Waals surface area contributed by atoms with Crippen LogP contribution in [0.3, 0.4) is 0 Å². The topological polar surface area (TPSA) is 61.9 Å². The van der Waals surface area contributed by atoms with Gasteiger partial charge in [0.1, 0.15) is 10.5 Å². The summed E-state index contributed by atoms with van der Waals surface area (Å²) in [6, 6.07) is 4.25. The Bertz CT molecular complexity index is 869. The van der Waals surface area contributed by atoms with Crippen LogP contribution in [0.1, 0.15) is 33.8 Å². The molecule has 0 aliphatic carbocycles. The molecule has 0 saturated carbocycles. The van der Waals surface area contributed by atoms with Gasteiger partial charge in [-0.2, -0.15) is 0 Å². The molecule has 6 heteroatoms. The average molecular weight is 340 g/mol. The summed E-state index contributed by atoms with van der Waals surface area (Å²) < 4.78 is 0. The van der Waals surface area contributed by atoms with Gasteiger partial charge in [-0.15, -0.1) is 11.3 Å². The number of carbonyl (C=O) groups is 1. The van der Waals surface area contributed by atoms with Gasteiger partial charge >= 0.3 is 0 Å². The fourth-order valence-electron chi connectivity index (χ4n) is 3.50. The van der Waals surface area contributed by atoms with E-state index in [0.29, 0.717) is 5.92 Å². The number of hydrogen-bond acceptors (Lipinski definition) is 4. The zero-order valence-corrected chi connectivity index (χ0v) is 14.5. The molecule has 1 N–H and O–H groups in total. The molecule has 4 rings (SSSR count). The average Bonchev–Trinajstić information content (AvgIpc) is 3.22. The number of thiazole rings is 1. The quantitative estimate of drug-likeness (QED) is 0.794. The van der Waals surface area contributed by atoms with Crippen LogP contribution >= 0.6 is 11.3 Å². The van der Waals surface area contributed by atoms with E-state index >= 15 is 0 Å². The number of H-pyrrole nitrogens is 1. The molecule has 24 heavy (non-hydrogen) atoms. The van der Waals surface area contributed by atoms with Crippen molar-refractivity contribution in [2.75, 3.05) is 13.1 Å². The van der Waals surface area contributed by atoms with Crippen LogP contribution in [0.25, 0.3) is 11.0 Å². The van der Waals surface area contributed by atoms with Gasteiger partial charge in [0.25, 0.3) is 5.91 Å². The van der Waals surface area contributed by atoms with E-state index in [-0.39, 0.29) is 5.91 Å². The number of hydrogen-bond donors (Lipinski definition) is 1. The normalized spacial score (nSPS) is 18.2. The zero-order chi connectivity index (χ0) is 16.5. The first-order valence-corrected chi connectivity index (χ1v) is 9.20. The van der Waals surface area contributed by atoms with E-state index in [4.69, 9.17) is 0 Å². The number of amides is 1. The predicted octanol–water partition coefficient (Wildman–Crippen LogP) is 3.42. The van der Waals surface area contributed by atoms with Crippen molar-refractivity contribution in [2.45, 2.75) is 26.2 Å². The molecular formula is C18H20N4OS. The maximum atomic E-state index is 12.7. The van der Waals surface area contributed by atoms with Gasteiger partial charge in [-0.3, -0.25) is 4.79 Å². The first kappa shape index (κ1) is 15.3. The Morgan fingerprint density at radius 3 is 3.21 bits per heavy atom. The lowest BCUT2D eigenvalue weighted by molar-refractivity contribution is 0.0677. The lowest BCUT2D eigenvalue weighted by Crippen LogP contribution is -2.40. The molecule has 1 saturated heterocycles. The van der Waals surface area contributed by atoms with Gasteiger partial charge in [0, 0.05) is 30.9 Å². The van der Waals surface area contributed by atoms with Crippen LogP contribution in [0, 0.1) is 12.8 Å². The standard InChI is InChI=1S/C18H20N4OS/c1-12-16(24-11-21-12)18(23)22-6-2-3-13(10-22)7-14-8-15-4-5-19-17(15)20-9-14/h4-5,8-9,11,13H,2-3,6-7,10H2,1H3,(H,19,20). The van der Waals surface area contributed by atoms with Gasteiger partial charge in [0.2, 0.25) is 0 Å². The number of aryl methyl sites for hydroxylation is 1. The maximum Gasteiger partial charge on any atom is 0.265 e. The summed E-state index contributed by atoms with van der Waals surface area (Å²) in [6.07, 6.45) is 7.07. The second kappa shape index (κ2) is 6.36. The number of pyridine rings is 1. The Morgan fingerprint density at radius 2 is 2.38 bits per heavy atom. The van der Waals surface area contributed by atoms with Gasteiger partial charge < -0.3 is 9.88 Å². The molecule has 1 atom stereocenters. The van der Waals surface area contributed by atoms with E-state index in [9.17, 15) is 4.79 Å². The van der Waals surface area contributed by atoms with Gasteiger partial charge in [-0.1, -0.05) is 0 Å². The second-order valence-electron chi connectivity index (χ2n) is 6.49. The minimum atomic E-state index is 0.138. The smallest absolute Gasteiger partial charge is 0.265 e. The summed E-state index contributed by atoms with van der Waals surface area (Å²) >= 11 is 1.44. The molecule has 1 aliphatic rings. The molecule has 5 nitrogen and oxygen atoms in total. The summed E-state index contributed by atoms with van der Waals surface area (Å²) in [5.74, 6) is 0.632. The molecule has 3 aromatic heterocycles. The van der Waals surface area contributed by atoms with Crippen LogP contribution in [0.5, 0.6) is 0 Å². The molecule has 1 fully saturated rings. The van der Waals surface area contributed by atoms with E-state index in [1.807, 2.05) is 24.2 Å². The molecule has 1 unspecified atom stereocenters. The number of carbonyl (C=O) groups excluding carboxylic acids is 1. The van der Waals surface area contributed by atoms with E-state index in [0.717, 1.165) is 54.0 Å². The van der Waals surface area contributed by atoms with Gasteiger partial charge in [0.15, 0.2) is 0 Å². The highest BCUT2D eigenvalue weighted by atomic mass is 32.1. The molecule has 1 amide bonds. The third-order valence-corrected chi connectivity index (χ3v) is 5.64. The molecule has 0 aromatic carbocycles. The molecule has 0 radical (unpaired) electrons. The van der Waals surface area contributed by atoms with Crippen LogP contribution in [0.15, 0.2) is 30.0 Å². The van der Waals surface area contributed by atoms with Crippen LogP contribution in [0.4, 0.5) is 0 Å². The van der Waals surface area contributed by atoms with Crippen molar-refractivity contribution in [1.29, 1.82) is 0 Å². The second-order valence-corrected chi connectivity index (χ2v) is 7.34. The van der Waals surface area contributed by atoms with E-state index < -0.39 is 0 Å². The third-order valence-electron chi connectivity index (χ3n) is 4.73. The lowest BCUT2D eigenvalue weighted by atomic mass is 9.91. The Balaban J connectivity index is 1.46. The molecule has 4 heterocycles. The van der Waals surface area contributed by atoms with Gasteiger partial charge in [0.05, 0.1) is 11.2 Å². The summed E-state index contributed by atoms with van der Waals surface area (Å²) in [7, 11) is 0. The fourth-order valence-corrected chi connectivity index (χ4v) is 4.27. The lowest BCUT2D eigenvalue weighted by Gasteiger charge is -2.32. The van der Waals surface area contributed by atoms with Crippen molar-refractivity contribution in [3.8, 4) is 0 Å². The number of nitrogens with zero attached hydrogens (tertiary/aromatic N) is 3. The summed E-state index contributed by atoms with van der Waals surface area (Å²) in [6.45, 7) is 3.58. The van der Waals surface area contributed by atoms with Crippen molar-refractivity contribution < 1.29 is 4.79 Å². The van der Waals surface area contributed by atoms with Crippen molar-refractivity contribution in [2.24, 2.45) is 5.92 Å². The van der Waals surface area contributed by atoms with Crippen LogP contribution in [-0.2, 0) is 6.42 Å². The monoisotopic (exact) mass is 340 g/mol. The summed E-state index contributed by atoms with van der Waals surface area (Å²) in [5.41, 5.74) is 4.77. The minimum Gasteiger partial charge on any atom is -0.346 e. The van der Waals surface area contributed by atoms with Crippen molar-refractivity contribution in [3.05, 3.63) is 46.2 Å². The van der Waals surface area contributed by atoms with E-state index in [1.54, 1.807) is 5.51 Å². The number of piperidine rings is 1. The van der Waals surface area contributed by atoms with Crippen LogP contribution in [-0.4, -0.2) is 38.8 Å². The molecular weight excluding hydrogens is 320 g/mol. The van der Waals surface area contributed by atoms with Gasteiger partial charge in [-0.25, -0.2) is 9.97 Å². The zero-order valence-electron chi connectivity index (χ0n) is 13.7. The highest BCUT2D eigenvalue weighted by Crippen LogP contribution is 2.25. The Kier molecular flexibility index (Phi) is 4.06. The highest BCUT2D eigenvalue weighted by molar-refractivity contribution is 7.11. The number of aromatic nitrogens is 3. The fraction of sp³-hybridized carbons (Fsp3) is 0.389. The Labute approximate surface area is 144 Å². The first-order chi connectivity index (χ1) is 11.7. The number of rotatable bonds is 3. The molecule has 0 spiro atoms. The number of likely N-dealkylation sites (tertiary alicyclic amines) is 1. The Hall–Kier alpha value is -2.21. The summed E-state index contributed by atoms with van der Waals surface area (Å²) in [5, 5.41) is 1.15. The van der Waals surface area contributed by atoms with Crippen LogP contribution in [0.2, 0.25) is 0 Å². The molecule has 1 aliphatic heterocycles. The van der Waals surface area contributed by atoms with Gasteiger partial charge in [-0.05, 0) is 49.8 Å². The molecule has 0 bridgehead atoms. The Morgan fingerprint density at radius 1 is 1.46 bits per heavy atom. The largest absolute Gasteiger partial charge is 0.346 e. The molecule has 124 valence electrons. The SMILES string of the molecule is Cc1ncsc1C(=O)N1CCCC(Cc2cnc3[nH]ccc3c2)C1. The molecule has 3 aromatic rings. The minimum absolute atomic E-state index is 0.138. The van der Waals surface area contributed by atoms with Crippen LogP contribution < -0.4 is 0 Å². The third kappa shape index (κ3) is 2.94. The van der Waals surface area contributed by atoms with Crippen molar-refractivity contribution in [3.63, 3.8) is 0 Å². The summed E-state index contributed by atoms with van der Waals surface area (Å²) in [4.78, 5) is 27.3. The highest BCUT2D eigenvalue weighted by Gasteiger charge is 2.26. The predicted molar refractivity (Wildman–Crippen MR) is 95.3 cm³/mol.